The topological polar surface area (TPSA) is 15.3 Å². The van der Waals surface area contributed by atoms with Crippen LogP contribution in [0.4, 0.5) is 0 Å². The Bertz CT molecular complexity index is 396. The van der Waals surface area contributed by atoms with Gasteiger partial charge in [-0.05, 0) is 63.4 Å². The highest BCUT2D eigenvalue weighted by Crippen LogP contribution is 2.35. The first kappa shape index (κ1) is 12.2. The van der Waals surface area contributed by atoms with E-state index in [4.69, 9.17) is 0 Å². The lowest BCUT2D eigenvalue weighted by molar-refractivity contribution is 0.193. The fraction of sp³-hybridized carbons (Fsp3) is 0.625. The molecule has 3 rings (SSSR count). The summed E-state index contributed by atoms with van der Waals surface area (Å²) >= 11 is 0. The second-order valence-electron chi connectivity index (χ2n) is 5.67. The normalized spacial score (nSPS) is 28.9. The summed E-state index contributed by atoms with van der Waals surface area (Å²) in [5, 5.41) is 3.57. The molecule has 1 aromatic carbocycles. The summed E-state index contributed by atoms with van der Waals surface area (Å²) in [6.45, 7) is 2.55. The minimum absolute atomic E-state index is 0.594. The Morgan fingerprint density at radius 3 is 2.67 bits per heavy atom. The monoisotopic (exact) mass is 244 g/mol. The second-order valence-corrected chi connectivity index (χ2v) is 5.67. The van der Waals surface area contributed by atoms with Gasteiger partial charge in [-0.3, -0.25) is 4.90 Å². The van der Waals surface area contributed by atoms with Crippen LogP contribution in [0.15, 0.2) is 24.3 Å². The average molecular weight is 244 g/mol. The number of aryl methyl sites for hydroxylation is 1. The smallest absolute Gasteiger partial charge is 0.0503 e. The first-order chi connectivity index (χ1) is 8.90. The standard InChI is InChI=1S/C16H24N2/c1-17-15-10-6-8-13-7-2-3-9-14(13)16(15)18-11-4-5-12-18/h2-3,7,9,15-17H,4-6,8,10-12H2,1H3/t15-,16-/m1/s1. The third-order valence-corrected chi connectivity index (χ3v) is 4.62. The molecule has 2 aliphatic rings. The molecule has 1 N–H and O–H groups in total. The molecule has 0 radical (unpaired) electrons. The van der Waals surface area contributed by atoms with E-state index in [-0.39, 0.29) is 0 Å². The van der Waals surface area contributed by atoms with E-state index in [1.165, 1.54) is 45.2 Å². The van der Waals surface area contributed by atoms with Crippen molar-refractivity contribution in [1.82, 2.24) is 10.2 Å². The molecular weight excluding hydrogens is 220 g/mol. The van der Waals surface area contributed by atoms with Gasteiger partial charge in [0.2, 0.25) is 0 Å². The second kappa shape index (κ2) is 5.41. The largest absolute Gasteiger partial charge is 0.315 e. The maximum absolute atomic E-state index is 3.57. The minimum atomic E-state index is 0.594. The Labute approximate surface area is 110 Å². The van der Waals surface area contributed by atoms with E-state index in [9.17, 15) is 0 Å². The summed E-state index contributed by atoms with van der Waals surface area (Å²) in [5.41, 5.74) is 3.16. The van der Waals surface area contributed by atoms with Gasteiger partial charge < -0.3 is 5.32 Å². The fourth-order valence-electron chi connectivity index (χ4n) is 3.71. The summed E-state index contributed by atoms with van der Waals surface area (Å²) < 4.78 is 0. The molecule has 1 saturated heterocycles. The number of rotatable bonds is 2. The van der Waals surface area contributed by atoms with E-state index in [0.717, 1.165) is 0 Å². The molecule has 0 saturated carbocycles. The number of fused-ring (bicyclic) bond motifs is 1. The molecule has 98 valence electrons. The molecule has 2 nitrogen and oxygen atoms in total. The van der Waals surface area contributed by atoms with E-state index < -0.39 is 0 Å². The summed E-state index contributed by atoms with van der Waals surface area (Å²) in [5.74, 6) is 0. The maximum Gasteiger partial charge on any atom is 0.0503 e. The van der Waals surface area contributed by atoms with E-state index in [1.807, 2.05) is 0 Å². The minimum Gasteiger partial charge on any atom is -0.315 e. The number of likely N-dealkylation sites (tertiary alicyclic amines) is 1. The highest BCUT2D eigenvalue weighted by molar-refractivity contribution is 5.32. The van der Waals surface area contributed by atoms with Crippen LogP contribution >= 0.6 is 0 Å². The molecule has 18 heavy (non-hydrogen) atoms. The van der Waals surface area contributed by atoms with Crippen LogP contribution in [0.5, 0.6) is 0 Å². The lowest BCUT2D eigenvalue weighted by atomic mass is 9.95. The number of nitrogens with one attached hydrogen (secondary N) is 1. The highest BCUT2D eigenvalue weighted by Gasteiger charge is 2.32. The van der Waals surface area contributed by atoms with Gasteiger partial charge in [-0.25, -0.2) is 0 Å². The number of likely N-dealkylation sites (N-methyl/N-ethyl adjacent to an activating group) is 1. The van der Waals surface area contributed by atoms with Crippen molar-refractivity contribution in [3.8, 4) is 0 Å². The van der Waals surface area contributed by atoms with Crippen molar-refractivity contribution in [3.05, 3.63) is 35.4 Å². The predicted octanol–water partition coefficient (Wildman–Crippen LogP) is 2.75. The molecule has 0 unspecified atom stereocenters. The molecule has 1 aromatic rings. The van der Waals surface area contributed by atoms with E-state index >= 15 is 0 Å². The number of nitrogens with zero attached hydrogens (tertiary/aromatic N) is 1. The molecule has 1 aliphatic carbocycles. The lowest BCUT2D eigenvalue weighted by Gasteiger charge is -2.34. The van der Waals surface area contributed by atoms with Crippen LogP contribution in [0.2, 0.25) is 0 Å². The Hall–Kier alpha value is -0.860. The van der Waals surface area contributed by atoms with Gasteiger partial charge in [0.15, 0.2) is 0 Å². The van der Waals surface area contributed by atoms with Crippen LogP contribution in [0.3, 0.4) is 0 Å². The van der Waals surface area contributed by atoms with Gasteiger partial charge in [0.05, 0.1) is 6.04 Å². The molecule has 1 aliphatic heterocycles. The fourth-order valence-corrected chi connectivity index (χ4v) is 3.71. The molecule has 0 aromatic heterocycles. The first-order valence-corrected chi connectivity index (χ1v) is 7.39. The Balaban J connectivity index is 1.98. The summed E-state index contributed by atoms with van der Waals surface area (Å²) in [6.07, 6.45) is 6.60. The van der Waals surface area contributed by atoms with Crippen molar-refractivity contribution < 1.29 is 0 Å². The SMILES string of the molecule is CN[C@@H]1CCCc2ccccc2[C@H]1N1CCCC1. The van der Waals surface area contributed by atoms with E-state index in [2.05, 4.69) is 41.5 Å². The van der Waals surface area contributed by atoms with Crippen LogP contribution in [-0.4, -0.2) is 31.1 Å². The molecule has 2 heteroatoms. The average Bonchev–Trinajstić information content (AvgIpc) is 2.86. The Kier molecular flexibility index (Phi) is 3.67. The van der Waals surface area contributed by atoms with Gasteiger partial charge in [-0.2, -0.15) is 0 Å². The zero-order valence-electron chi connectivity index (χ0n) is 11.4. The summed E-state index contributed by atoms with van der Waals surface area (Å²) in [6, 6.07) is 10.3. The molecule has 2 atom stereocenters. The van der Waals surface area contributed by atoms with Crippen molar-refractivity contribution in [2.45, 2.75) is 44.2 Å². The van der Waals surface area contributed by atoms with Crippen molar-refractivity contribution in [1.29, 1.82) is 0 Å². The predicted molar refractivity (Wildman–Crippen MR) is 75.8 cm³/mol. The number of hydrogen-bond donors (Lipinski definition) is 1. The molecule has 0 spiro atoms. The van der Waals surface area contributed by atoms with Gasteiger partial charge in [0.1, 0.15) is 0 Å². The summed E-state index contributed by atoms with van der Waals surface area (Å²) in [7, 11) is 2.13. The third-order valence-electron chi connectivity index (χ3n) is 4.62. The quantitative estimate of drug-likeness (QED) is 0.805. The van der Waals surface area contributed by atoms with Gasteiger partial charge in [0, 0.05) is 6.04 Å². The molecular formula is C16H24N2. The maximum atomic E-state index is 3.57. The Morgan fingerprint density at radius 1 is 1.11 bits per heavy atom. The van der Waals surface area contributed by atoms with Crippen molar-refractivity contribution in [2.75, 3.05) is 20.1 Å². The van der Waals surface area contributed by atoms with Gasteiger partial charge >= 0.3 is 0 Å². The zero-order chi connectivity index (χ0) is 12.4. The lowest BCUT2D eigenvalue weighted by Crippen LogP contribution is -2.41. The molecule has 0 bridgehead atoms. The number of benzene rings is 1. The zero-order valence-corrected chi connectivity index (χ0v) is 11.4. The van der Waals surface area contributed by atoms with Gasteiger partial charge in [-0.15, -0.1) is 0 Å². The van der Waals surface area contributed by atoms with Crippen LogP contribution in [0.1, 0.15) is 42.9 Å². The third kappa shape index (κ3) is 2.19. The number of hydrogen-bond acceptors (Lipinski definition) is 2. The van der Waals surface area contributed by atoms with Crippen molar-refractivity contribution in [3.63, 3.8) is 0 Å². The van der Waals surface area contributed by atoms with Crippen molar-refractivity contribution in [2.24, 2.45) is 0 Å². The Morgan fingerprint density at radius 2 is 1.89 bits per heavy atom. The van der Waals surface area contributed by atoms with Gasteiger partial charge in [-0.1, -0.05) is 24.3 Å². The van der Waals surface area contributed by atoms with E-state index in [0.29, 0.717) is 12.1 Å². The molecule has 0 amide bonds. The highest BCUT2D eigenvalue weighted by atomic mass is 15.2. The van der Waals surface area contributed by atoms with Crippen LogP contribution < -0.4 is 5.32 Å². The van der Waals surface area contributed by atoms with Crippen LogP contribution in [0.25, 0.3) is 0 Å². The van der Waals surface area contributed by atoms with Crippen LogP contribution in [0, 0.1) is 0 Å². The van der Waals surface area contributed by atoms with Gasteiger partial charge in [0.25, 0.3) is 0 Å². The van der Waals surface area contributed by atoms with E-state index in [1.54, 1.807) is 11.1 Å². The van der Waals surface area contributed by atoms with Crippen LogP contribution in [-0.2, 0) is 6.42 Å². The molecule has 1 heterocycles. The summed E-state index contributed by atoms with van der Waals surface area (Å²) in [4.78, 5) is 2.70. The van der Waals surface area contributed by atoms with Crippen molar-refractivity contribution >= 4 is 0 Å². The molecule has 1 fully saturated rings. The first-order valence-electron chi connectivity index (χ1n) is 7.39.